The summed E-state index contributed by atoms with van der Waals surface area (Å²) in [4.78, 5) is 19.7. The maximum atomic E-state index is 12.9. The van der Waals surface area contributed by atoms with Crippen LogP contribution in [0.25, 0.3) is 11.7 Å². The van der Waals surface area contributed by atoms with Gasteiger partial charge in [-0.1, -0.05) is 61.2 Å². The van der Waals surface area contributed by atoms with Crippen molar-refractivity contribution in [2.75, 3.05) is 25.0 Å². The Morgan fingerprint density at radius 1 is 1.31 bits per heavy atom. The van der Waals surface area contributed by atoms with Crippen molar-refractivity contribution in [2.45, 2.75) is 25.7 Å². The lowest BCUT2D eigenvalue weighted by atomic mass is 9.94. The molecule has 35 heavy (non-hydrogen) atoms. The highest BCUT2D eigenvalue weighted by molar-refractivity contribution is 9.10. The second-order valence-electron chi connectivity index (χ2n) is 8.49. The number of hydrogen-bond donors (Lipinski definition) is 1. The molecule has 6 nitrogen and oxygen atoms in total. The van der Waals surface area contributed by atoms with E-state index in [0.29, 0.717) is 13.1 Å². The molecule has 0 bridgehead atoms. The number of likely N-dealkylation sites (tertiary alicyclic amines) is 1. The molecule has 1 amide bonds. The summed E-state index contributed by atoms with van der Waals surface area (Å²) < 4.78 is 2.64. The zero-order valence-corrected chi connectivity index (χ0v) is 21.5. The third kappa shape index (κ3) is 6.17. The van der Waals surface area contributed by atoms with E-state index in [4.69, 9.17) is 4.98 Å². The Hall–Kier alpha value is -3.45. The van der Waals surface area contributed by atoms with E-state index < -0.39 is 0 Å². The number of halogens is 1. The standard InChI is InChI=1S/C28H30BrN5O/c1-3-5-10-21(4-2)18-30-26-17-25(32-28-24(29)19-31-34(26)28)23-13-9-16-33(20-23)27(35)15-14-22-11-7-6-8-12-22/h3-8,10-12,14-15,17,19,23,30H,2,9,13,16,18,20H2,1H3/b5-3-,15-14+,21-10+. The van der Waals surface area contributed by atoms with Gasteiger partial charge in [-0.15, -0.1) is 0 Å². The van der Waals surface area contributed by atoms with E-state index >= 15 is 0 Å². The Morgan fingerprint density at radius 3 is 2.91 bits per heavy atom. The second-order valence-corrected chi connectivity index (χ2v) is 9.34. The minimum Gasteiger partial charge on any atom is -0.366 e. The third-order valence-electron chi connectivity index (χ3n) is 6.06. The summed E-state index contributed by atoms with van der Waals surface area (Å²) >= 11 is 3.58. The monoisotopic (exact) mass is 531 g/mol. The number of allylic oxidation sites excluding steroid dienone is 3. The summed E-state index contributed by atoms with van der Waals surface area (Å²) in [6.07, 6.45) is 15.1. The molecule has 1 aliphatic rings. The third-order valence-corrected chi connectivity index (χ3v) is 6.62. The number of nitrogens with one attached hydrogen (secondary N) is 1. The van der Waals surface area contributed by atoms with Crippen LogP contribution in [0.2, 0.25) is 0 Å². The molecule has 1 aliphatic heterocycles. The highest BCUT2D eigenvalue weighted by Gasteiger charge is 2.26. The molecule has 7 heteroatoms. The Morgan fingerprint density at radius 2 is 2.14 bits per heavy atom. The van der Waals surface area contributed by atoms with E-state index in [-0.39, 0.29) is 11.8 Å². The van der Waals surface area contributed by atoms with Crippen molar-refractivity contribution in [3.8, 4) is 0 Å². The van der Waals surface area contributed by atoms with Crippen LogP contribution in [0.4, 0.5) is 5.82 Å². The van der Waals surface area contributed by atoms with Gasteiger partial charge in [0.15, 0.2) is 5.65 Å². The highest BCUT2D eigenvalue weighted by Crippen LogP contribution is 2.30. The lowest BCUT2D eigenvalue weighted by molar-refractivity contribution is -0.127. The minimum atomic E-state index is 0.0354. The molecule has 1 atom stereocenters. The molecule has 0 aliphatic carbocycles. The summed E-state index contributed by atoms with van der Waals surface area (Å²) in [5.41, 5.74) is 3.81. The summed E-state index contributed by atoms with van der Waals surface area (Å²) in [5, 5.41) is 7.97. The van der Waals surface area contributed by atoms with Gasteiger partial charge >= 0.3 is 0 Å². The first kappa shape index (κ1) is 24.7. The number of aromatic nitrogens is 3. The fourth-order valence-electron chi connectivity index (χ4n) is 4.16. The predicted octanol–water partition coefficient (Wildman–Crippen LogP) is 6.01. The molecular formula is C28H30BrN5O. The molecule has 2 aromatic heterocycles. The zero-order chi connectivity index (χ0) is 24.6. The van der Waals surface area contributed by atoms with E-state index in [9.17, 15) is 4.79 Å². The Kier molecular flexibility index (Phi) is 8.32. The van der Waals surface area contributed by atoms with Gasteiger partial charge in [0.25, 0.3) is 0 Å². The number of carbonyl (C=O) groups excluding carboxylic acids is 1. The number of rotatable bonds is 8. The van der Waals surface area contributed by atoms with E-state index in [1.54, 1.807) is 16.8 Å². The molecule has 4 rings (SSSR count). The second kappa shape index (κ2) is 11.8. The Balaban J connectivity index is 1.54. The molecule has 3 heterocycles. The van der Waals surface area contributed by atoms with Gasteiger partial charge in [-0.25, -0.2) is 4.98 Å². The van der Waals surface area contributed by atoms with Gasteiger partial charge in [0.2, 0.25) is 5.91 Å². The lowest BCUT2D eigenvalue weighted by Gasteiger charge is -2.32. The molecular weight excluding hydrogens is 502 g/mol. The van der Waals surface area contributed by atoms with Crippen molar-refractivity contribution in [2.24, 2.45) is 0 Å². The maximum Gasteiger partial charge on any atom is 0.246 e. The van der Waals surface area contributed by atoms with Crippen molar-refractivity contribution in [3.05, 3.63) is 101 Å². The van der Waals surface area contributed by atoms with Crippen LogP contribution in [-0.2, 0) is 4.79 Å². The van der Waals surface area contributed by atoms with E-state index in [1.165, 1.54) is 0 Å². The molecule has 0 spiro atoms. The van der Waals surface area contributed by atoms with Crippen molar-refractivity contribution < 1.29 is 4.79 Å². The van der Waals surface area contributed by atoms with Gasteiger partial charge in [0.05, 0.1) is 16.4 Å². The number of amides is 1. The average molecular weight is 532 g/mol. The van der Waals surface area contributed by atoms with Gasteiger partial charge in [0, 0.05) is 37.7 Å². The largest absolute Gasteiger partial charge is 0.366 e. The number of anilines is 1. The van der Waals surface area contributed by atoms with Gasteiger partial charge in [-0.05, 0) is 52.9 Å². The molecule has 0 radical (unpaired) electrons. The molecule has 1 saturated heterocycles. The highest BCUT2D eigenvalue weighted by atomic mass is 79.9. The summed E-state index contributed by atoms with van der Waals surface area (Å²) in [7, 11) is 0. The Bertz CT molecular complexity index is 1280. The van der Waals surface area contributed by atoms with Crippen LogP contribution < -0.4 is 5.32 Å². The first-order valence-electron chi connectivity index (χ1n) is 11.8. The fraction of sp³-hybridized carbons (Fsp3) is 0.250. The van der Waals surface area contributed by atoms with Gasteiger partial charge in [-0.2, -0.15) is 9.61 Å². The van der Waals surface area contributed by atoms with E-state index in [2.05, 4.69) is 39.0 Å². The summed E-state index contributed by atoms with van der Waals surface area (Å²) in [6, 6.07) is 11.9. The maximum absolute atomic E-state index is 12.9. The topological polar surface area (TPSA) is 62.5 Å². The summed E-state index contributed by atoms with van der Waals surface area (Å²) in [6.45, 7) is 7.92. The normalized spacial score (nSPS) is 16.9. The summed E-state index contributed by atoms with van der Waals surface area (Å²) in [5.74, 6) is 1.05. The molecule has 1 unspecified atom stereocenters. The SMILES string of the molecule is C=C/C(=C\C=C/C)CNc1cc(C2CCCN(C(=O)/C=C/c3ccccc3)C2)nc2c(Br)cnn12. The average Bonchev–Trinajstić information content (AvgIpc) is 3.28. The number of benzene rings is 1. The molecule has 1 aromatic carbocycles. The molecule has 1 N–H and O–H groups in total. The lowest BCUT2D eigenvalue weighted by Crippen LogP contribution is -2.38. The van der Waals surface area contributed by atoms with Crippen molar-refractivity contribution >= 4 is 39.4 Å². The van der Waals surface area contributed by atoms with Crippen LogP contribution in [-0.4, -0.2) is 45.0 Å². The van der Waals surface area contributed by atoms with Crippen LogP contribution in [0.5, 0.6) is 0 Å². The zero-order valence-electron chi connectivity index (χ0n) is 19.9. The van der Waals surface area contributed by atoms with Crippen molar-refractivity contribution in [1.29, 1.82) is 0 Å². The smallest absolute Gasteiger partial charge is 0.246 e. The van der Waals surface area contributed by atoms with E-state index in [0.717, 1.165) is 52.2 Å². The first-order valence-corrected chi connectivity index (χ1v) is 12.6. The number of nitrogens with zero attached hydrogens (tertiary/aromatic N) is 4. The van der Waals surface area contributed by atoms with Crippen molar-refractivity contribution in [1.82, 2.24) is 19.5 Å². The van der Waals surface area contributed by atoms with Gasteiger partial charge < -0.3 is 10.2 Å². The number of piperidine rings is 1. The van der Waals surface area contributed by atoms with Gasteiger partial charge in [0.1, 0.15) is 5.82 Å². The molecule has 180 valence electrons. The quantitative estimate of drug-likeness (QED) is 0.285. The van der Waals surface area contributed by atoms with Crippen LogP contribution in [0, 0.1) is 0 Å². The predicted molar refractivity (Wildman–Crippen MR) is 146 cm³/mol. The van der Waals surface area contributed by atoms with Crippen LogP contribution >= 0.6 is 15.9 Å². The van der Waals surface area contributed by atoms with Crippen LogP contribution in [0.15, 0.2) is 89.6 Å². The van der Waals surface area contributed by atoms with Crippen LogP contribution in [0.1, 0.15) is 36.9 Å². The number of hydrogen-bond acceptors (Lipinski definition) is 4. The van der Waals surface area contributed by atoms with E-state index in [1.807, 2.05) is 72.5 Å². The number of carbonyl (C=O) groups is 1. The first-order chi connectivity index (χ1) is 17.1. The van der Waals surface area contributed by atoms with Crippen molar-refractivity contribution in [3.63, 3.8) is 0 Å². The molecule has 0 saturated carbocycles. The minimum absolute atomic E-state index is 0.0354. The Labute approximate surface area is 214 Å². The van der Waals surface area contributed by atoms with Crippen LogP contribution in [0.3, 0.4) is 0 Å². The molecule has 3 aromatic rings. The molecule has 1 fully saturated rings. The van der Waals surface area contributed by atoms with Gasteiger partial charge in [-0.3, -0.25) is 4.79 Å². The number of fused-ring (bicyclic) bond motifs is 1. The fourth-order valence-corrected chi connectivity index (χ4v) is 4.51.